The van der Waals surface area contributed by atoms with E-state index in [1.165, 1.54) is 26.2 Å². The molecule has 3 atom stereocenters. The summed E-state index contributed by atoms with van der Waals surface area (Å²) in [6.45, 7) is 3.69. The fraction of sp³-hybridized carbons (Fsp3) is 0.579. The van der Waals surface area contributed by atoms with E-state index in [1.54, 1.807) is 12.1 Å². The molecule has 1 saturated carbocycles. The van der Waals surface area contributed by atoms with Gasteiger partial charge in [0.15, 0.2) is 0 Å². The molecule has 2 rings (SSSR count). The van der Waals surface area contributed by atoms with Gasteiger partial charge in [0.1, 0.15) is 0 Å². The first-order chi connectivity index (χ1) is 11.4. The van der Waals surface area contributed by atoms with Gasteiger partial charge in [-0.1, -0.05) is 43.5 Å². The van der Waals surface area contributed by atoms with Crippen LogP contribution < -0.4 is 5.32 Å². The molecule has 1 fully saturated rings. The van der Waals surface area contributed by atoms with Gasteiger partial charge >= 0.3 is 0 Å². The van der Waals surface area contributed by atoms with Crippen LogP contribution in [0.3, 0.4) is 0 Å². The predicted molar refractivity (Wildman–Crippen MR) is 96.8 cm³/mol. The molecule has 0 aromatic heterocycles. The lowest BCUT2D eigenvalue weighted by Gasteiger charge is -2.37. The minimum atomic E-state index is -0.325. The van der Waals surface area contributed by atoms with Crippen LogP contribution in [0.1, 0.15) is 57.6 Å². The van der Waals surface area contributed by atoms with Crippen LogP contribution in [0.5, 0.6) is 0 Å². The molecule has 0 bridgehead atoms. The maximum Gasteiger partial charge on any atom is 0.224 e. The van der Waals surface area contributed by atoms with Crippen LogP contribution in [0.2, 0.25) is 5.02 Å². The molecule has 2 amide bonds. The van der Waals surface area contributed by atoms with Crippen LogP contribution in [0.25, 0.3) is 0 Å². The van der Waals surface area contributed by atoms with E-state index in [0.717, 1.165) is 12.0 Å². The second-order valence-electron chi connectivity index (χ2n) is 6.84. The second kappa shape index (κ2) is 8.52. The third-order valence-electron chi connectivity index (χ3n) is 4.99. The number of benzene rings is 1. The number of halogens is 1. The molecule has 1 aromatic rings. The van der Waals surface area contributed by atoms with Crippen molar-refractivity contribution in [3.05, 3.63) is 34.9 Å². The molecule has 3 unspecified atom stereocenters. The molecular weight excluding hydrogens is 324 g/mol. The molecule has 0 spiro atoms. The van der Waals surface area contributed by atoms with Crippen molar-refractivity contribution in [1.29, 1.82) is 0 Å². The maximum atomic E-state index is 12.8. The number of hydrogen-bond acceptors (Lipinski definition) is 2. The normalized spacial score (nSPS) is 21.8. The molecule has 132 valence electrons. The van der Waals surface area contributed by atoms with Crippen molar-refractivity contribution >= 4 is 23.4 Å². The first-order valence-electron chi connectivity index (χ1n) is 8.66. The molecular formula is C19H27ClN2O2. The zero-order chi connectivity index (χ0) is 17.7. The Morgan fingerprint density at radius 3 is 2.46 bits per heavy atom. The van der Waals surface area contributed by atoms with Crippen molar-refractivity contribution in [3.8, 4) is 0 Å². The highest BCUT2D eigenvalue weighted by Gasteiger charge is 2.29. The summed E-state index contributed by atoms with van der Waals surface area (Å²) < 4.78 is 0. The summed E-state index contributed by atoms with van der Waals surface area (Å²) >= 11 is 5.93. The molecule has 0 saturated heterocycles. The Balaban J connectivity index is 2.08. The van der Waals surface area contributed by atoms with E-state index in [9.17, 15) is 9.59 Å². The molecule has 1 aromatic carbocycles. The third kappa shape index (κ3) is 4.97. The minimum Gasteiger partial charge on any atom is -0.349 e. The lowest BCUT2D eigenvalue weighted by molar-refractivity contribution is -0.134. The zero-order valence-electron chi connectivity index (χ0n) is 14.7. The van der Waals surface area contributed by atoms with Gasteiger partial charge in [0.05, 0.1) is 12.5 Å². The summed E-state index contributed by atoms with van der Waals surface area (Å²) in [5, 5.41) is 3.52. The van der Waals surface area contributed by atoms with E-state index in [0.29, 0.717) is 17.0 Å². The Morgan fingerprint density at radius 2 is 1.88 bits per heavy atom. The average Bonchev–Trinajstić information content (AvgIpc) is 2.54. The fourth-order valence-corrected chi connectivity index (χ4v) is 3.69. The Bertz CT molecular complexity index is 573. The standard InChI is InChI=1S/C19H27ClN2O2/c1-13-6-4-5-7-18(13)22(3)19(24)12-17(21-14(2)23)15-8-10-16(20)11-9-15/h8-11,13,17-18H,4-7,12H2,1-3H3,(H,21,23). The Hall–Kier alpha value is -1.55. The highest BCUT2D eigenvalue weighted by molar-refractivity contribution is 6.30. The zero-order valence-corrected chi connectivity index (χ0v) is 15.5. The molecule has 5 heteroatoms. The van der Waals surface area contributed by atoms with Crippen LogP contribution in [-0.4, -0.2) is 29.8 Å². The first kappa shape index (κ1) is 18.8. The monoisotopic (exact) mass is 350 g/mol. The van der Waals surface area contributed by atoms with Gasteiger partial charge in [0, 0.05) is 25.0 Å². The van der Waals surface area contributed by atoms with Crippen LogP contribution in [0, 0.1) is 5.92 Å². The number of rotatable bonds is 5. The van der Waals surface area contributed by atoms with Gasteiger partial charge in [-0.2, -0.15) is 0 Å². The topological polar surface area (TPSA) is 49.4 Å². The van der Waals surface area contributed by atoms with Crippen LogP contribution in [-0.2, 0) is 9.59 Å². The smallest absolute Gasteiger partial charge is 0.224 e. The average molecular weight is 351 g/mol. The van der Waals surface area contributed by atoms with Crippen molar-refractivity contribution in [3.63, 3.8) is 0 Å². The predicted octanol–water partition coefficient (Wildman–Crippen LogP) is 3.94. The summed E-state index contributed by atoms with van der Waals surface area (Å²) in [6, 6.07) is 7.26. The Labute approximate surface area is 149 Å². The maximum absolute atomic E-state index is 12.8. The number of nitrogens with one attached hydrogen (secondary N) is 1. The van der Waals surface area contributed by atoms with Crippen molar-refractivity contribution in [2.24, 2.45) is 5.92 Å². The number of nitrogens with zero attached hydrogens (tertiary/aromatic N) is 1. The van der Waals surface area contributed by atoms with E-state index in [1.807, 2.05) is 24.1 Å². The molecule has 0 aliphatic heterocycles. The minimum absolute atomic E-state index is 0.0717. The highest BCUT2D eigenvalue weighted by Crippen LogP contribution is 2.29. The third-order valence-corrected chi connectivity index (χ3v) is 5.24. The van der Waals surface area contributed by atoms with Crippen LogP contribution in [0.15, 0.2) is 24.3 Å². The van der Waals surface area contributed by atoms with Gasteiger partial charge in [-0.15, -0.1) is 0 Å². The molecule has 4 nitrogen and oxygen atoms in total. The van der Waals surface area contributed by atoms with Gasteiger partial charge in [-0.05, 0) is 36.5 Å². The van der Waals surface area contributed by atoms with Crippen LogP contribution in [0.4, 0.5) is 0 Å². The number of carbonyl (C=O) groups excluding carboxylic acids is 2. The molecule has 24 heavy (non-hydrogen) atoms. The lowest BCUT2D eigenvalue weighted by Crippen LogP contribution is -2.44. The van der Waals surface area contributed by atoms with Crippen LogP contribution >= 0.6 is 11.6 Å². The number of amides is 2. The molecule has 0 radical (unpaired) electrons. The second-order valence-corrected chi connectivity index (χ2v) is 7.28. The van der Waals surface area contributed by atoms with Gasteiger partial charge in [-0.3, -0.25) is 9.59 Å². The molecule has 1 aliphatic carbocycles. The Morgan fingerprint density at radius 1 is 1.25 bits per heavy atom. The molecule has 1 aliphatic rings. The fourth-order valence-electron chi connectivity index (χ4n) is 3.57. The van der Waals surface area contributed by atoms with E-state index < -0.39 is 0 Å². The van der Waals surface area contributed by atoms with Gasteiger partial charge < -0.3 is 10.2 Å². The van der Waals surface area contributed by atoms with E-state index in [-0.39, 0.29) is 24.3 Å². The molecule has 0 heterocycles. The van der Waals surface area contributed by atoms with Crippen molar-refractivity contribution in [2.45, 2.75) is 58.0 Å². The lowest BCUT2D eigenvalue weighted by atomic mass is 9.85. The quantitative estimate of drug-likeness (QED) is 0.874. The largest absolute Gasteiger partial charge is 0.349 e. The van der Waals surface area contributed by atoms with Crippen molar-refractivity contribution in [1.82, 2.24) is 10.2 Å². The number of carbonyl (C=O) groups is 2. The van der Waals surface area contributed by atoms with Gasteiger partial charge in [-0.25, -0.2) is 0 Å². The van der Waals surface area contributed by atoms with E-state index >= 15 is 0 Å². The Kier molecular flexibility index (Phi) is 6.67. The van der Waals surface area contributed by atoms with E-state index in [4.69, 9.17) is 11.6 Å². The summed E-state index contributed by atoms with van der Waals surface area (Å²) in [5.74, 6) is 0.460. The van der Waals surface area contributed by atoms with Gasteiger partial charge in [0.2, 0.25) is 11.8 Å². The van der Waals surface area contributed by atoms with Crippen molar-refractivity contribution in [2.75, 3.05) is 7.05 Å². The first-order valence-corrected chi connectivity index (χ1v) is 9.04. The summed E-state index contributed by atoms with van der Waals surface area (Å²) in [7, 11) is 1.89. The van der Waals surface area contributed by atoms with Gasteiger partial charge in [0.25, 0.3) is 0 Å². The SMILES string of the molecule is CC(=O)NC(CC(=O)N(C)C1CCCCC1C)c1ccc(Cl)cc1. The summed E-state index contributed by atoms with van der Waals surface area (Å²) in [6.07, 6.45) is 4.93. The highest BCUT2D eigenvalue weighted by atomic mass is 35.5. The summed E-state index contributed by atoms with van der Waals surface area (Å²) in [4.78, 5) is 26.2. The molecule has 1 N–H and O–H groups in total. The summed E-state index contributed by atoms with van der Waals surface area (Å²) in [5.41, 5.74) is 0.896. The van der Waals surface area contributed by atoms with Crippen molar-refractivity contribution < 1.29 is 9.59 Å². The number of hydrogen-bond donors (Lipinski definition) is 1. The van der Waals surface area contributed by atoms with E-state index in [2.05, 4.69) is 12.2 Å².